The minimum Gasteiger partial charge on any atom is -0.343 e. The average Bonchev–Trinajstić information content (AvgIpc) is 3.57. The van der Waals surface area contributed by atoms with Crippen LogP contribution in [0.4, 0.5) is 10.8 Å². The van der Waals surface area contributed by atoms with Gasteiger partial charge in [-0.25, -0.2) is 9.67 Å². The molecule has 2 aliphatic heterocycles. The van der Waals surface area contributed by atoms with Gasteiger partial charge in [0.15, 0.2) is 5.13 Å². The number of fused-ring (bicyclic) bond motifs is 1. The third kappa shape index (κ3) is 4.23. The van der Waals surface area contributed by atoms with Crippen molar-refractivity contribution in [3.8, 4) is 5.69 Å². The first-order valence-electron chi connectivity index (χ1n) is 11.9. The topological polar surface area (TPSA) is 54.3 Å². The Morgan fingerprint density at radius 1 is 0.941 bits per heavy atom. The molecule has 0 atom stereocenters. The second-order valence-electron chi connectivity index (χ2n) is 9.03. The maximum absolute atomic E-state index is 12.4. The smallest absolute Gasteiger partial charge is 0.226 e. The van der Waals surface area contributed by atoms with Crippen LogP contribution in [-0.2, 0) is 24.2 Å². The van der Waals surface area contributed by atoms with Crippen LogP contribution in [0.1, 0.15) is 40.8 Å². The molecule has 1 saturated heterocycles. The van der Waals surface area contributed by atoms with Gasteiger partial charge in [0.1, 0.15) is 0 Å². The van der Waals surface area contributed by atoms with Gasteiger partial charge in [0, 0.05) is 61.6 Å². The summed E-state index contributed by atoms with van der Waals surface area (Å²) in [5.41, 5.74) is 6.08. The van der Waals surface area contributed by atoms with Crippen molar-refractivity contribution in [2.24, 2.45) is 0 Å². The fourth-order valence-corrected chi connectivity index (χ4v) is 5.84. The Bertz CT molecular complexity index is 1300. The van der Waals surface area contributed by atoms with E-state index < -0.39 is 0 Å². The zero-order valence-corrected chi connectivity index (χ0v) is 19.9. The molecule has 0 saturated carbocycles. The second kappa shape index (κ2) is 9.06. The molecule has 1 fully saturated rings. The highest BCUT2D eigenvalue weighted by Gasteiger charge is 2.23. The number of benzene rings is 2. The summed E-state index contributed by atoms with van der Waals surface area (Å²) >= 11 is 1.78. The summed E-state index contributed by atoms with van der Waals surface area (Å²) in [5.74, 6) is 0.251. The van der Waals surface area contributed by atoms with Crippen LogP contribution in [0.25, 0.3) is 5.69 Å². The highest BCUT2D eigenvalue weighted by molar-refractivity contribution is 7.15. The third-order valence-corrected chi connectivity index (χ3v) is 7.79. The van der Waals surface area contributed by atoms with Crippen molar-refractivity contribution in [2.75, 3.05) is 22.9 Å². The van der Waals surface area contributed by atoms with Gasteiger partial charge < -0.3 is 9.80 Å². The lowest BCUT2D eigenvalue weighted by atomic mass is 9.98. The summed E-state index contributed by atoms with van der Waals surface area (Å²) in [6.45, 7) is 2.65. The van der Waals surface area contributed by atoms with E-state index in [1.54, 1.807) is 17.5 Å². The van der Waals surface area contributed by atoms with Crippen LogP contribution in [0.2, 0.25) is 0 Å². The molecule has 6 rings (SSSR count). The molecule has 0 spiro atoms. The maximum Gasteiger partial charge on any atom is 0.226 e. The number of carbonyl (C=O) groups excluding carboxylic acids is 1. The predicted octanol–water partition coefficient (Wildman–Crippen LogP) is 5.00. The number of aromatic nitrogens is 3. The monoisotopic (exact) mass is 469 g/mol. The summed E-state index contributed by atoms with van der Waals surface area (Å²) < 4.78 is 1.87. The molecule has 2 aliphatic rings. The molecular formula is C27H27N5OS. The van der Waals surface area contributed by atoms with Crippen molar-refractivity contribution in [1.82, 2.24) is 14.8 Å². The van der Waals surface area contributed by atoms with E-state index in [0.29, 0.717) is 6.42 Å². The maximum atomic E-state index is 12.4. The minimum atomic E-state index is 0.251. The van der Waals surface area contributed by atoms with E-state index in [0.717, 1.165) is 61.8 Å². The summed E-state index contributed by atoms with van der Waals surface area (Å²) in [6.07, 6.45) is 10.4. The fourth-order valence-electron chi connectivity index (χ4n) is 4.87. The van der Waals surface area contributed by atoms with Gasteiger partial charge in [-0.15, -0.1) is 11.3 Å². The molecule has 0 N–H and O–H groups in total. The van der Waals surface area contributed by atoms with Gasteiger partial charge in [-0.05, 0) is 66.3 Å². The number of amides is 1. The van der Waals surface area contributed by atoms with Crippen LogP contribution in [-0.4, -0.2) is 33.8 Å². The molecule has 0 unspecified atom stereocenters. The SMILES string of the molecule is O=C1CCCCN1c1ccc2c(c1)CN(c1ncc(Cc3ccc(-n4cccn4)cc3)s1)CC2. The quantitative estimate of drug-likeness (QED) is 0.413. The summed E-state index contributed by atoms with van der Waals surface area (Å²) in [4.78, 5) is 22.7. The highest BCUT2D eigenvalue weighted by atomic mass is 32.1. The van der Waals surface area contributed by atoms with E-state index in [1.165, 1.54) is 21.6 Å². The first-order chi connectivity index (χ1) is 16.7. The second-order valence-corrected chi connectivity index (χ2v) is 10.1. The van der Waals surface area contributed by atoms with Crippen LogP contribution in [0, 0.1) is 0 Å². The van der Waals surface area contributed by atoms with Crippen molar-refractivity contribution < 1.29 is 4.79 Å². The summed E-state index contributed by atoms with van der Waals surface area (Å²) in [7, 11) is 0. The molecule has 4 heterocycles. The van der Waals surface area contributed by atoms with Crippen LogP contribution in [0.5, 0.6) is 0 Å². The molecule has 7 heteroatoms. The number of nitrogens with zero attached hydrogens (tertiary/aromatic N) is 5. The van der Waals surface area contributed by atoms with Gasteiger partial charge in [0.05, 0.1) is 5.69 Å². The van der Waals surface area contributed by atoms with Crippen LogP contribution in [0.3, 0.4) is 0 Å². The molecule has 34 heavy (non-hydrogen) atoms. The standard InChI is InChI=1S/C27H27N5OS/c33-26-4-1-2-13-31(26)24-10-7-21-11-15-30(19-22(21)17-24)27-28-18-25(34-27)16-20-5-8-23(9-6-20)32-14-3-12-29-32/h3,5-10,12,14,17-18H,1-2,4,11,13,15-16,19H2. The molecule has 4 aromatic rings. The first kappa shape index (κ1) is 21.1. The molecule has 1 amide bonds. The number of hydrogen-bond donors (Lipinski definition) is 0. The summed E-state index contributed by atoms with van der Waals surface area (Å²) in [5, 5.41) is 5.37. The molecular weight excluding hydrogens is 442 g/mol. The first-order valence-corrected chi connectivity index (χ1v) is 12.8. The van der Waals surface area contributed by atoms with E-state index in [-0.39, 0.29) is 5.91 Å². The molecule has 2 aromatic heterocycles. The number of rotatable bonds is 5. The van der Waals surface area contributed by atoms with E-state index in [1.807, 2.05) is 28.0 Å². The van der Waals surface area contributed by atoms with Crippen molar-refractivity contribution in [3.05, 3.63) is 88.7 Å². The van der Waals surface area contributed by atoms with Crippen molar-refractivity contribution in [3.63, 3.8) is 0 Å². The average molecular weight is 470 g/mol. The molecule has 172 valence electrons. The van der Waals surface area contributed by atoms with Crippen molar-refractivity contribution >= 4 is 28.1 Å². The Hall–Kier alpha value is -3.45. The van der Waals surface area contributed by atoms with Gasteiger partial charge in [-0.2, -0.15) is 5.10 Å². The van der Waals surface area contributed by atoms with E-state index in [9.17, 15) is 4.79 Å². The normalized spacial score (nSPS) is 16.1. The van der Waals surface area contributed by atoms with Crippen LogP contribution < -0.4 is 9.80 Å². The Kier molecular flexibility index (Phi) is 5.63. The number of piperidine rings is 1. The van der Waals surface area contributed by atoms with Crippen molar-refractivity contribution in [2.45, 2.75) is 38.6 Å². The molecule has 6 nitrogen and oxygen atoms in total. The minimum absolute atomic E-state index is 0.251. The number of thiazole rings is 1. The zero-order chi connectivity index (χ0) is 22.9. The summed E-state index contributed by atoms with van der Waals surface area (Å²) in [6, 6.07) is 17.0. The van der Waals surface area contributed by atoms with E-state index >= 15 is 0 Å². The van der Waals surface area contributed by atoms with Crippen LogP contribution >= 0.6 is 11.3 Å². The Balaban J connectivity index is 1.15. The van der Waals surface area contributed by atoms with Crippen molar-refractivity contribution in [1.29, 1.82) is 0 Å². The molecule has 0 aliphatic carbocycles. The Morgan fingerprint density at radius 3 is 2.65 bits per heavy atom. The predicted molar refractivity (Wildman–Crippen MR) is 136 cm³/mol. The largest absolute Gasteiger partial charge is 0.343 e. The van der Waals surface area contributed by atoms with Gasteiger partial charge in [-0.3, -0.25) is 4.79 Å². The Labute approximate surface area is 203 Å². The van der Waals surface area contributed by atoms with Gasteiger partial charge >= 0.3 is 0 Å². The lowest BCUT2D eigenvalue weighted by Gasteiger charge is -2.31. The number of hydrogen-bond acceptors (Lipinski definition) is 5. The fraction of sp³-hybridized carbons (Fsp3) is 0.296. The van der Waals surface area contributed by atoms with Crippen LogP contribution in [0.15, 0.2) is 67.1 Å². The zero-order valence-electron chi connectivity index (χ0n) is 19.1. The Morgan fingerprint density at radius 2 is 1.82 bits per heavy atom. The lowest BCUT2D eigenvalue weighted by Crippen LogP contribution is -2.36. The molecule has 0 radical (unpaired) electrons. The molecule has 2 aromatic carbocycles. The van der Waals surface area contributed by atoms with E-state index in [4.69, 9.17) is 4.98 Å². The van der Waals surface area contributed by atoms with Gasteiger partial charge in [0.25, 0.3) is 0 Å². The van der Waals surface area contributed by atoms with Gasteiger partial charge in [-0.1, -0.05) is 18.2 Å². The lowest BCUT2D eigenvalue weighted by molar-refractivity contribution is -0.119. The third-order valence-electron chi connectivity index (χ3n) is 6.73. The number of carbonyl (C=O) groups is 1. The molecule has 0 bridgehead atoms. The highest BCUT2D eigenvalue weighted by Crippen LogP contribution is 2.32. The van der Waals surface area contributed by atoms with E-state index in [2.05, 4.69) is 52.5 Å². The number of anilines is 2. The van der Waals surface area contributed by atoms with Gasteiger partial charge in [0.2, 0.25) is 5.91 Å².